The van der Waals surface area contributed by atoms with Gasteiger partial charge in [0.1, 0.15) is 11.5 Å². The third kappa shape index (κ3) is 1.90. The van der Waals surface area contributed by atoms with Crippen LogP contribution >= 0.6 is 0 Å². The fourth-order valence-corrected chi connectivity index (χ4v) is 3.35. The summed E-state index contributed by atoms with van der Waals surface area (Å²) in [4.78, 5) is 24.0. The van der Waals surface area contributed by atoms with Crippen molar-refractivity contribution < 1.29 is 29.3 Å². The van der Waals surface area contributed by atoms with Crippen molar-refractivity contribution in [2.75, 3.05) is 13.7 Å². The molecule has 3 atom stereocenters. The maximum Gasteiger partial charge on any atom is 0.172 e. The molecule has 21 heavy (non-hydrogen) atoms. The summed E-state index contributed by atoms with van der Waals surface area (Å²) in [7, 11) is 1.36. The summed E-state index contributed by atoms with van der Waals surface area (Å²) in [5.41, 5.74) is 0.317. The highest BCUT2D eigenvalue weighted by Crippen LogP contribution is 2.54. The van der Waals surface area contributed by atoms with Crippen molar-refractivity contribution in [2.45, 2.75) is 19.4 Å². The summed E-state index contributed by atoms with van der Waals surface area (Å²) in [6.45, 7) is 1.65. The number of fused-ring (bicyclic) bond motifs is 4. The normalized spacial score (nSPS) is 26.6. The fraction of sp³-hybridized carbons (Fsp3) is 0.467. The molecule has 2 aliphatic rings. The first-order valence-electron chi connectivity index (χ1n) is 6.73. The van der Waals surface area contributed by atoms with Gasteiger partial charge in [-0.15, -0.1) is 0 Å². The highest BCUT2D eigenvalue weighted by Gasteiger charge is 2.51. The Hall–Kier alpha value is -2.08. The zero-order chi connectivity index (χ0) is 15.3. The summed E-state index contributed by atoms with van der Waals surface area (Å²) in [6.07, 6.45) is -0.370. The van der Waals surface area contributed by atoms with Crippen molar-refractivity contribution in [3.05, 3.63) is 17.2 Å². The van der Waals surface area contributed by atoms with E-state index in [0.717, 1.165) is 0 Å². The van der Waals surface area contributed by atoms with E-state index in [9.17, 15) is 19.8 Å². The van der Waals surface area contributed by atoms with Crippen LogP contribution in [0.5, 0.6) is 17.2 Å². The highest BCUT2D eigenvalue weighted by atomic mass is 16.5. The summed E-state index contributed by atoms with van der Waals surface area (Å²) >= 11 is 0. The van der Waals surface area contributed by atoms with Gasteiger partial charge in [-0.05, 0) is 6.92 Å². The molecule has 1 aromatic rings. The molecule has 112 valence electrons. The first-order chi connectivity index (χ1) is 9.95. The van der Waals surface area contributed by atoms with Gasteiger partial charge in [-0.1, -0.05) is 0 Å². The van der Waals surface area contributed by atoms with Crippen LogP contribution in [0.3, 0.4) is 0 Å². The van der Waals surface area contributed by atoms with Gasteiger partial charge in [-0.2, -0.15) is 0 Å². The molecule has 0 aromatic heterocycles. The Morgan fingerprint density at radius 3 is 2.81 bits per heavy atom. The third-order valence-corrected chi connectivity index (χ3v) is 4.25. The maximum absolute atomic E-state index is 12.5. The molecule has 2 bridgehead atoms. The van der Waals surface area contributed by atoms with Gasteiger partial charge in [0.05, 0.1) is 31.3 Å². The molecule has 1 aliphatic heterocycles. The van der Waals surface area contributed by atoms with Crippen LogP contribution in [0.2, 0.25) is 0 Å². The lowest BCUT2D eigenvalue weighted by Gasteiger charge is -2.30. The van der Waals surface area contributed by atoms with E-state index in [1.807, 2.05) is 0 Å². The van der Waals surface area contributed by atoms with Crippen LogP contribution in [0.15, 0.2) is 6.07 Å². The average molecular weight is 292 g/mol. The van der Waals surface area contributed by atoms with Crippen LogP contribution in [0.1, 0.15) is 35.4 Å². The second-order valence-corrected chi connectivity index (χ2v) is 5.53. The second-order valence-electron chi connectivity index (χ2n) is 5.53. The van der Waals surface area contributed by atoms with Crippen molar-refractivity contribution in [1.29, 1.82) is 0 Å². The van der Waals surface area contributed by atoms with Gasteiger partial charge in [0, 0.05) is 24.0 Å². The number of carbonyl (C=O) groups is 2. The summed E-state index contributed by atoms with van der Waals surface area (Å²) in [5.74, 6) is -1.45. The van der Waals surface area contributed by atoms with Crippen molar-refractivity contribution >= 4 is 11.6 Å². The number of hydrogen-bond acceptors (Lipinski definition) is 6. The smallest absolute Gasteiger partial charge is 0.172 e. The molecule has 1 aliphatic carbocycles. The van der Waals surface area contributed by atoms with Crippen molar-refractivity contribution in [3.8, 4) is 17.2 Å². The number of ketones is 2. The van der Waals surface area contributed by atoms with Crippen LogP contribution in [0.25, 0.3) is 0 Å². The number of carbonyl (C=O) groups excluding carboxylic acids is 2. The van der Waals surface area contributed by atoms with Crippen LogP contribution in [0.4, 0.5) is 0 Å². The molecule has 6 heteroatoms. The molecule has 0 radical (unpaired) electrons. The van der Waals surface area contributed by atoms with Crippen molar-refractivity contribution in [2.24, 2.45) is 11.8 Å². The fourth-order valence-electron chi connectivity index (χ4n) is 3.35. The monoisotopic (exact) mass is 292 g/mol. The molecule has 3 rings (SSSR count). The second kappa shape index (κ2) is 4.73. The number of methoxy groups -OCH3 is 1. The predicted molar refractivity (Wildman–Crippen MR) is 71.6 cm³/mol. The van der Waals surface area contributed by atoms with Gasteiger partial charge in [0.15, 0.2) is 17.3 Å². The number of aromatic hydroxyl groups is 2. The number of Topliss-reactive ketones (excluding diaryl/α,β-unsaturated/α-hetero) is 2. The van der Waals surface area contributed by atoms with Crippen LogP contribution in [-0.4, -0.2) is 35.5 Å². The van der Waals surface area contributed by atoms with Gasteiger partial charge in [-0.3, -0.25) is 4.79 Å². The minimum Gasteiger partial charge on any atom is -0.507 e. The third-order valence-electron chi connectivity index (χ3n) is 4.25. The predicted octanol–water partition coefficient (Wildman–Crippen LogP) is 1.59. The van der Waals surface area contributed by atoms with Crippen molar-refractivity contribution in [3.63, 3.8) is 0 Å². The Morgan fingerprint density at radius 2 is 2.19 bits per heavy atom. The molecule has 0 amide bonds. The number of phenolic OH excluding ortho intramolecular Hbond substituents is 2. The SMILES string of the molecule is COc1cc(O)c2c(c1O)[C@H]1OC[C@@H](C2=O)[C@@H]1CC(C)=O. The summed E-state index contributed by atoms with van der Waals surface area (Å²) in [6, 6.07) is 1.22. The van der Waals surface area contributed by atoms with E-state index in [1.54, 1.807) is 0 Å². The molecule has 1 heterocycles. The van der Waals surface area contributed by atoms with Gasteiger partial charge in [0.2, 0.25) is 0 Å². The van der Waals surface area contributed by atoms with E-state index >= 15 is 0 Å². The maximum atomic E-state index is 12.5. The number of phenols is 2. The van der Waals surface area contributed by atoms with Gasteiger partial charge in [-0.25, -0.2) is 0 Å². The molecule has 0 saturated carbocycles. The lowest BCUT2D eigenvalue weighted by molar-refractivity contribution is -0.118. The first-order valence-corrected chi connectivity index (χ1v) is 6.73. The number of hydrogen-bond donors (Lipinski definition) is 2. The van der Waals surface area contributed by atoms with Gasteiger partial charge in [0.25, 0.3) is 0 Å². The first kappa shape index (κ1) is 13.9. The molecule has 6 nitrogen and oxygen atoms in total. The number of ether oxygens (including phenoxy) is 2. The summed E-state index contributed by atoms with van der Waals surface area (Å²) < 4.78 is 10.6. The van der Waals surface area contributed by atoms with Crippen molar-refractivity contribution in [1.82, 2.24) is 0 Å². The quantitative estimate of drug-likeness (QED) is 0.822. The van der Waals surface area contributed by atoms with Crippen LogP contribution < -0.4 is 4.74 Å². The van der Waals surface area contributed by atoms with Gasteiger partial charge < -0.3 is 24.5 Å². The van der Waals surface area contributed by atoms with E-state index < -0.39 is 12.0 Å². The Morgan fingerprint density at radius 1 is 1.48 bits per heavy atom. The molecule has 0 spiro atoms. The number of benzene rings is 1. The Bertz CT molecular complexity index is 636. The lowest BCUT2D eigenvalue weighted by Crippen LogP contribution is -2.31. The highest BCUT2D eigenvalue weighted by molar-refractivity contribution is 6.05. The minimum absolute atomic E-state index is 0.0386. The topological polar surface area (TPSA) is 93.1 Å². The molecular weight excluding hydrogens is 276 g/mol. The van der Waals surface area contributed by atoms with Gasteiger partial charge >= 0.3 is 0 Å². The number of rotatable bonds is 3. The molecular formula is C15H16O6. The van der Waals surface area contributed by atoms with E-state index in [2.05, 4.69) is 0 Å². The van der Waals surface area contributed by atoms with E-state index in [0.29, 0.717) is 0 Å². The minimum atomic E-state index is -0.576. The molecule has 2 N–H and O–H groups in total. The zero-order valence-electron chi connectivity index (χ0n) is 11.8. The van der Waals surface area contributed by atoms with Crippen LogP contribution in [-0.2, 0) is 9.53 Å². The average Bonchev–Trinajstić information content (AvgIpc) is 2.74. The molecule has 1 aromatic carbocycles. The van der Waals surface area contributed by atoms with E-state index in [4.69, 9.17) is 9.47 Å². The van der Waals surface area contributed by atoms with Crippen LogP contribution in [0, 0.1) is 11.8 Å². The standard InChI is InChI=1S/C15H16O6/c1-6(16)3-7-8-5-21-15(7)12-11(13(8)18)9(17)4-10(20-2)14(12)19/h4,7-8,15,17,19H,3,5H2,1-2H3/t7-,8+,15-/m0/s1. The van der Waals surface area contributed by atoms with E-state index in [-0.39, 0.29) is 58.9 Å². The Kier molecular flexibility index (Phi) is 3.13. The summed E-state index contributed by atoms with van der Waals surface area (Å²) in [5, 5.41) is 20.4. The Labute approximate surface area is 121 Å². The van der Waals surface area contributed by atoms with E-state index in [1.165, 1.54) is 20.1 Å². The largest absolute Gasteiger partial charge is 0.507 e. The molecule has 0 unspecified atom stereocenters. The zero-order valence-corrected chi connectivity index (χ0v) is 11.8. The Balaban J connectivity index is 2.19. The lowest BCUT2D eigenvalue weighted by atomic mass is 9.73. The molecule has 1 fully saturated rings. The molecule has 1 saturated heterocycles.